The highest BCUT2D eigenvalue weighted by Gasteiger charge is 2.27. The maximum Gasteiger partial charge on any atom is 0.224 e. The first-order chi connectivity index (χ1) is 10.2. The molecule has 2 unspecified atom stereocenters. The minimum atomic E-state index is 0. The monoisotopic (exact) mass is 324 g/mol. The zero-order valence-corrected chi connectivity index (χ0v) is 14.3. The van der Waals surface area contributed by atoms with Gasteiger partial charge in [-0.05, 0) is 49.3 Å². The lowest BCUT2D eigenvalue weighted by molar-refractivity contribution is -0.121. The number of carbonyl (C=O) groups excluding carboxylic acids is 1. The Morgan fingerprint density at radius 3 is 2.55 bits per heavy atom. The Kier molecular flexibility index (Phi) is 8.51. The fourth-order valence-electron chi connectivity index (χ4n) is 3.16. The van der Waals surface area contributed by atoms with Crippen LogP contribution in [-0.2, 0) is 17.6 Å². The third-order valence-electron chi connectivity index (χ3n) is 4.51. The number of nitrogens with two attached hydrogens (primary N) is 1. The summed E-state index contributed by atoms with van der Waals surface area (Å²) in [6.45, 7) is 2.88. The predicted octanol–water partition coefficient (Wildman–Crippen LogP) is 3.24. The van der Waals surface area contributed by atoms with Gasteiger partial charge in [-0.25, -0.2) is 0 Å². The molecule has 3 N–H and O–H groups in total. The summed E-state index contributed by atoms with van der Waals surface area (Å²) in [5.41, 5.74) is 8.21. The average Bonchev–Trinajstić information content (AvgIpc) is 2.93. The molecule has 4 heteroatoms. The first-order valence-electron chi connectivity index (χ1n) is 8.30. The molecule has 0 radical (unpaired) electrons. The van der Waals surface area contributed by atoms with Crippen LogP contribution in [-0.4, -0.2) is 18.5 Å². The van der Waals surface area contributed by atoms with Crippen molar-refractivity contribution < 1.29 is 4.79 Å². The van der Waals surface area contributed by atoms with E-state index in [0.29, 0.717) is 18.9 Å². The van der Waals surface area contributed by atoms with Crippen molar-refractivity contribution >= 4 is 18.3 Å². The van der Waals surface area contributed by atoms with Gasteiger partial charge in [0, 0.05) is 6.04 Å². The molecule has 0 aliphatic heterocycles. The van der Waals surface area contributed by atoms with Gasteiger partial charge in [0.1, 0.15) is 0 Å². The molecule has 1 fully saturated rings. The van der Waals surface area contributed by atoms with Gasteiger partial charge in [-0.2, -0.15) is 0 Å². The van der Waals surface area contributed by atoms with Crippen LogP contribution in [0.15, 0.2) is 24.3 Å². The molecule has 0 bridgehead atoms. The second-order valence-corrected chi connectivity index (χ2v) is 6.20. The number of amides is 1. The van der Waals surface area contributed by atoms with Gasteiger partial charge in [-0.1, -0.05) is 44.0 Å². The number of rotatable bonds is 7. The van der Waals surface area contributed by atoms with Gasteiger partial charge in [0.25, 0.3) is 0 Å². The van der Waals surface area contributed by atoms with E-state index in [1.165, 1.54) is 24.8 Å². The van der Waals surface area contributed by atoms with Crippen molar-refractivity contribution in [2.45, 2.75) is 57.9 Å². The summed E-state index contributed by atoms with van der Waals surface area (Å²) >= 11 is 0. The number of unbranched alkanes of at least 4 members (excludes halogenated alkanes) is 1. The molecule has 2 rings (SSSR count). The van der Waals surface area contributed by atoms with Crippen molar-refractivity contribution in [2.24, 2.45) is 11.7 Å². The van der Waals surface area contributed by atoms with Crippen LogP contribution in [0.4, 0.5) is 0 Å². The quantitative estimate of drug-likeness (QED) is 0.809. The van der Waals surface area contributed by atoms with Gasteiger partial charge in [0.15, 0.2) is 0 Å². The molecule has 1 aliphatic rings. The van der Waals surface area contributed by atoms with Crippen LogP contribution in [0.1, 0.15) is 50.2 Å². The minimum absolute atomic E-state index is 0. The van der Waals surface area contributed by atoms with Gasteiger partial charge in [0.2, 0.25) is 5.91 Å². The average molecular weight is 325 g/mol. The lowest BCUT2D eigenvalue weighted by Gasteiger charge is -2.19. The Balaban J connectivity index is 0.00000242. The molecule has 0 saturated heterocycles. The van der Waals surface area contributed by atoms with E-state index < -0.39 is 0 Å². The van der Waals surface area contributed by atoms with E-state index in [9.17, 15) is 4.79 Å². The van der Waals surface area contributed by atoms with E-state index in [-0.39, 0.29) is 24.4 Å². The third-order valence-corrected chi connectivity index (χ3v) is 4.51. The Morgan fingerprint density at radius 1 is 1.23 bits per heavy atom. The van der Waals surface area contributed by atoms with Gasteiger partial charge in [-0.15, -0.1) is 12.4 Å². The van der Waals surface area contributed by atoms with Crippen LogP contribution >= 0.6 is 12.4 Å². The van der Waals surface area contributed by atoms with Gasteiger partial charge in [-0.3, -0.25) is 4.79 Å². The van der Waals surface area contributed by atoms with Crippen LogP contribution in [0.5, 0.6) is 0 Å². The molecular weight excluding hydrogens is 296 g/mol. The maximum absolute atomic E-state index is 12.1. The van der Waals surface area contributed by atoms with Crippen LogP contribution in [0.2, 0.25) is 0 Å². The van der Waals surface area contributed by atoms with Crippen molar-refractivity contribution in [1.82, 2.24) is 5.32 Å². The van der Waals surface area contributed by atoms with E-state index >= 15 is 0 Å². The second-order valence-electron chi connectivity index (χ2n) is 6.20. The fraction of sp³-hybridized carbons (Fsp3) is 0.611. The van der Waals surface area contributed by atoms with Crippen LogP contribution < -0.4 is 11.1 Å². The highest BCUT2D eigenvalue weighted by atomic mass is 35.5. The Morgan fingerprint density at radius 2 is 1.91 bits per heavy atom. The SMILES string of the molecule is CCCCc1ccc(CC(=O)NC2CCCC2CN)cc1.Cl. The summed E-state index contributed by atoms with van der Waals surface area (Å²) in [5.74, 6) is 0.590. The summed E-state index contributed by atoms with van der Waals surface area (Å²) in [6, 6.07) is 8.75. The number of carbonyl (C=O) groups is 1. The molecule has 0 heterocycles. The van der Waals surface area contributed by atoms with E-state index in [0.717, 1.165) is 24.8 Å². The van der Waals surface area contributed by atoms with Crippen molar-refractivity contribution in [3.05, 3.63) is 35.4 Å². The third kappa shape index (κ3) is 5.62. The molecule has 0 aromatic heterocycles. The summed E-state index contributed by atoms with van der Waals surface area (Å²) in [7, 11) is 0. The summed E-state index contributed by atoms with van der Waals surface area (Å²) in [6.07, 6.45) is 7.44. The molecule has 3 nitrogen and oxygen atoms in total. The molecule has 22 heavy (non-hydrogen) atoms. The molecule has 1 saturated carbocycles. The van der Waals surface area contributed by atoms with Crippen LogP contribution in [0.3, 0.4) is 0 Å². The number of benzene rings is 1. The summed E-state index contributed by atoms with van der Waals surface area (Å²) in [5, 5.41) is 3.16. The number of nitrogens with one attached hydrogen (secondary N) is 1. The number of aryl methyl sites for hydroxylation is 1. The normalized spacial score (nSPS) is 20.5. The second kappa shape index (κ2) is 9.86. The molecule has 1 aromatic rings. The number of halogens is 1. The molecule has 1 amide bonds. The molecular formula is C18H29ClN2O. The van der Waals surface area contributed by atoms with E-state index in [2.05, 4.69) is 36.5 Å². The van der Waals surface area contributed by atoms with Gasteiger partial charge in [0.05, 0.1) is 6.42 Å². The maximum atomic E-state index is 12.1. The predicted molar refractivity (Wildman–Crippen MR) is 94.3 cm³/mol. The molecule has 124 valence electrons. The van der Waals surface area contributed by atoms with Gasteiger partial charge >= 0.3 is 0 Å². The Labute approximate surface area is 140 Å². The van der Waals surface area contributed by atoms with Crippen molar-refractivity contribution in [2.75, 3.05) is 6.54 Å². The van der Waals surface area contributed by atoms with Crippen LogP contribution in [0.25, 0.3) is 0 Å². The highest BCUT2D eigenvalue weighted by Crippen LogP contribution is 2.24. The zero-order valence-electron chi connectivity index (χ0n) is 13.5. The summed E-state index contributed by atoms with van der Waals surface area (Å²) in [4.78, 5) is 12.1. The zero-order chi connectivity index (χ0) is 15.1. The topological polar surface area (TPSA) is 55.1 Å². The lowest BCUT2D eigenvalue weighted by atomic mass is 10.0. The number of hydrogen-bond acceptors (Lipinski definition) is 2. The first kappa shape index (κ1) is 19.0. The molecule has 0 spiro atoms. The number of hydrogen-bond donors (Lipinski definition) is 2. The van der Waals surface area contributed by atoms with E-state index in [4.69, 9.17) is 5.73 Å². The van der Waals surface area contributed by atoms with Crippen LogP contribution in [0, 0.1) is 5.92 Å². The lowest BCUT2D eigenvalue weighted by Crippen LogP contribution is -2.40. The molecule has 1 aromatic carbocycles. The van der Waals surface area contributed by atoms with Crippen molar-refractivity contribution in [3.63, 3.8) is 0 Å². The van der Waals surface area contributed by atoms with E-state index in [1.54, 1.807) is 0 Å². The molecule has 2 atom stereocenters. The van der Waals surface area contributed by atoms with Crippen molar-refractivity contribution in [1.29, 1.82) is 0 Å². The standard InChI is InChI=1S/C18H28N2O.ClH/c1-2-3-5-14-8-10-15(11-9-14)12-18(21)20-17-7-4-6-16(17)13-19;/h8-11,16-17H,2-7,12-13,19H2,1H3,(H,20,21);1H. The van der Waals surface area contributed by atoms with E-state index in [1.807, 2.05) is 0 Å². The molecule has 1 aliphatic carbocycles. The highest BCUT2D eigenvalue weighted by molar-refractivity contribution is 5.85. The van der Waals surface area contributed by atoms with Gasteiger partial charge < -0.3 is 11.1 Å². The largest absolute Gasteiger partial charge is 0.353 e. The smallest absolute Gasteiger partial charge is 0.224 e. The summed E-state index contributed by atoms with van der Waals surface area (Å²) < 4.78 is 0. The Hall–Kier alpha value is -1.06. The Bertz CT molecular complexity index is 447. The first-order valence-corrected chi connectivity index (χ1v) is 8.30. The fourth-order valence-corrected chi connectivity index (χ4v) is 3.16. The van der Waals surface area contributed by atoms with Crippen molar-refractivity contribution in [3.8, 4) is 0 Å². The minimum Gasteiger partial charge on any atom is -0.353 e.